The molecule has 0 unspecified atom stereocenters. The molecule has 5 nitrogen and oxygen atoms in total. The van der Waals surface area contributed by atoms with Crippen molar-refractivity contribution in [3.63, 3.8) is 0 Å². The topological polar surface area (TPSA) is 76.4 Å². The number of aliphatic hydroxyl groups is 1. The second-order valence-corrected chi connectivity index (χ2v) is 3.46. The summed E-state index contributed by atoms with van der Waals surface area (Å²) < 4.78 is 0. The number of rotatable bonds is 8. The van der Waals surface area contributed by atoms with Crippen LogP contribution in [0.25, 0.3) is 0 Å². The molecule has 0 fully saturated rings. The van der Waals surface area contributed by atoms with Gasteiger partial charge in [0.1, 0.15) is 6.54 Å². The van der Waals surface area contributed by atoms with Crippen LogP contribution in [0.3, 0.4) is 0 Å². The average molecular weight is 213 g/mol. The molecule has 2 N–H and O–H groups in total. The van der Waals surface area contributed by atoms with Crippen molar-refractivity contribution in [2.45, 2.75) is 19.3 Å². The van der Waals surface area contributed by atoms with Gasteiger partial charge in [-0.15, -0.1) is 0 Å². The van der Waals surface area contributed by atoms with E-state index in [1.54, 1.807) is 0 Å². The summed E-state index contributed by atoms with van der Waals surface area (Å²) in [6, 6.07) is 1.85. The van der Waals surface area contributed by atoms with E-state index in [0.29, 0.717) is 6.54 Å². The van der Waals surface area contributed by atoms with E-state index >= 15 is 0 Å². The van der Waals surface area contributed by atoms with Crippen LogP contribution in [0.2, 0.25) is 0 Å². The van der Waals surface area contributed by atoms with Gasteiger partial charge in [0.25, 0.3) is 0 Å². The van der Waals surface area contributed by atoms with Gasteiger partial charge < -0.3 is 10.4 Å². The lowest BCUT2D eigenvalue weighted by Crippen LogP contribution is -2.35. The summed E-state index contributed by atoms with van der Waals surface area (Å²) in [4.78, 5) is 13.1. The first-order valence-corrected chi connectivity index (χ1v) is 5.13. The summed E-state index contributed by atoms with van der Waals surface area (Å²) in [5.41, 5.74) is 0. The van der Waals surface area contributed by atoms with Crippen molar-refractivity contribution in [1.82, 2.24) is 10.2 Å². The predicted octanol–water partition coefficient (Wildman–Crippen LogP) is -0.279. The Kier molecular flexibility index (Phi) is 8.73. The highest BCUT2D eigenvalue weighted by molar-refractivity contribution is 5.78. The Bertz CT molecular complexity index is 213. The summed E-state index contributed by atoms with van der Waals surface area (Å²) >= 11 is 0. The van der Waals surface area contributed by atoms with Crippen LogP contribution in [0.4, 0.5) is 0 Å². The Morgan fingerprint density at radius 3 is 2.80 bits per heavy atom. The van der Waals surface area contributed by atoms with Crippen molar-refractivity contribution in [3.05, 3.63) is 0 Å². The minimum atomic E-state index is -0.124. The lowest BCUT2D eigenvalue weighted by Gasteiger charge is -2.15. The number of nitrogens with zero attached hydrogens (tertiary/aromatic N) is 2. The molecule has 0 bridgehead atoms. The van der Waals surface area contributed by atoms with Gasteiger partial charge in [0.15, 0.2) is 0 Å². The van der Waals surface area contributed by atoms with Crippen molar-refractivity contribution < 1.29 is 9.90 Å². The van der Waals surface area contributed by atoms with E-state index in [0.717, 1.165) is 25.8 Å². The Balaban J connectivity index is 3.43. The normalized spacial score (nSPS) is 10.0. The van der Waals surface area contributed by atoms with Crippen LogP contribution in [-0.4, -0.2) is 49.2 Å². The van der Waals surface area contributed by atoms with Gasteiger partial charge in [0, 0.05) is 6.61 Å². The molecule has 5 heteroatoms. The fourth-order valence-electron chi connectivity index (χ4n) is 1.19. The molecule has 1 amide bonds. The zero-order chi connectivity index (χ0) is 11.5. The lowest BCUT2D eigenvalue weighted by molar-refractivity contribution is -0.121. The van der Waals surface area contributed by atoms with E-state index in [9.17, 15) is 4.79 Å². The number of aliphatic hydroxyl groups excluding tert-OH is 1. The number of carbonyl (C=O) groups excluding carboxylic acids is 1. The van der Waals surface area contributed by atoms with Crippen LogP contribution in [0, 0.1) is 11.3 Å². The lowest BCUT2D eigenvalue weighted by atomic mass is 10.2. The molecule has 15 heavy (non-hydrogen) atoms. The zero-order valence-electron chi connectivity index (χ0n) is 9.20. The highest BCUT2D eigenvalue weighted by Crippen LogP contribution is 1.96. The molecule has 0 saturated heterocycles. The largest absolute Gasteiger partial charge is 0.396 e. The summed E-state index contributed by atoms with van der Waals surface area (Å²) in [5.74, 6) is -0.124. The number of hydrogen-bond donors (Lipinski definition) is 2. The molecular weight excluding hydrogens is 194 g/mol. The maximum absolute atomic E-state index is 11.2. The summed E-state index contributed by atoms with van der Waals surface area (Å²) in [7, 11) is 1.87. The second-order valence-electron chi connectivity index (χ2n) is 3.46. The van der Waals surface area contributed by atoms with Crippen LogP contribution >= 0.6 is 0 Å². The maximum atomic E-state index is 11.2. The monoisotopic (exact) mass is 213 g/mol. The van der Waals surface area contributed by atoms with Gasteiger partial charge in [-0.1, -0.05) is 0 Å². The third kappa shape index (κ3) is 9.19. The Morgan fingerprint density at radius 2 is 2.20 bits per heavy atom. The fraction of sp³-hybridized carbons (Fsp3) is 0.800. The average Bonchev–Trinajstić information content (AvgIpc) is 2.21. The Morgan fingerprint density at radius 1 is 1.47 bits per heavy atom. The number of amides is 1. The number of nitriles is 1. The van der Waals surface area contributed by atoms with Crippen molar-refractivity contribution in [2.24, 2.45) is 0 Å². The Hall–Kier alpha value is -1.12. The molecule has 0 radical (unpaired) electrons. The molecule has 0 aliphatic carbocycles. The Labute approximate surface area is 90.7 Å². The van der Waals surface area contributed by atoms with Gasteiger partial charge in [-0.25, -0.2) is 0 Å². The van der Waals surface area contributed by atoms with Crippen molar-refractivity contribution >= 4 is 5.91 Å². The molecule has 86 valence electrons. The third-order valence-corrected chi connectivity index (χ3v) is 1.98. The fourth-order valence-corrected chi connectivity index (χ4v) is 1.19. The number of unbranched alkanes of at least 4 members (excludes halogenated alkanes) is 2. The minimum absolute atomic E-state index is 0.0667. The third-order valence-electron chi connectivity index (χ3n) is 1.98. The van der Waals surface area contributed by atoms with E-state index < -0.39 is 0 Å². The van der Waals surface area contributed by atoms with Gasteiger partial charge in [-0.2, -0.15) is 5.26 Å². The summed E-state index contributed by atoms with van der Waals surface area (Å²) in [6.45, 7) is 1.45. The van der Waals surface area contributed by atoms with Gasteiger partial charge in [0.05, 0.1) is 12.6 Å². The smallest absolute Gasteiger partial charge is 0.234 e. The quantitative estimate of drug-likeness (QED) is 0.429. The van der Waals surface area contributed by atoms with Crippen LogP contribution < -0.4 is 5.32 Å². The maximum Gasteiger partial charge on any atom is 0.234 e. The molecule has 0 atom stereocenters. The molecule has 0 aromatic rings. The number of likely N-dealkylation sites (N-methyl/N-ethyl adjacent to an activating group) is 1. The van der Waals surface area contributed by atoms with Crippen molar-refractivity contribution in [1.29, 1.82) is 5.26 Å². The molecule has 0 aromatic heterocycles. The van der Waals surface area contributed by atoms with Crippen LogP contribution in [-0.2, 0) is 4.79 Å². The first-order valence-electron chi connectivity index (χ1n) is 5.13. The van der Waals surface area contributed by atoms with Gasteiger partial charge in [-0.05, 0) is 32.9 Å². The van der Waals surface area contributed by atoms with E-state index in [2.05, 4.69) is 5.32 Å². The van der Waals surface area contributed by atoms with Crippen LogP contribution in [0.15, 0.2) is 0 Å². The highest BCUT2D eigenvalue weighted by atomic mass is 16.2. The van der Waals surface area contributed by atoms with Gasteiger partial charge in [-0.3, -0.25) is 9.69 Å². The minimum Gasteiger partial charge on any atom is -0.396 e. The SMILES string of the molecule is CN(CCCCCO)CC(=O)NCC#N. The molecular formula is C10H19N3O2. The molecule has 0 aliphatic heterocycles. The second kappa shape index (κ2) is 9.44. The number of hydrogen-bond acceptors (Lipinski definition) is 4. The summed E-state index contributed by atoms with van der Waals surface area (Å²) in [5, 5.41) is 19.3. The van der Waals surface area contributed by atoms with Crippen LogP contribution in [0.1, 0.15) is 19.3 Å². The molecule has 0 saturated carbocycles. The van der Waals surface area contributed by atoms with Crippen LogP contribution in [0.5, 0.6) is 0 Å². The van der Waals surface area contributed by atoms with E-state index in [1.807, 2.05) is 18.0 Å². The zero-order valence-corrected chi connectivity index (χ0v) is 9.20. The first-order chi connectivity index (χ1) is 7.20. The highest BCUT2D eigenvalue weighted by Gasteiger charge is 2.04. The number of carbonyl (C=O) groups is 1. The molecule has 0 aliphatic rings. The summed E-state index contributed by atoms with van der Waals surface area (Å²) in [6.07, 6.45) is 2.76. The predicted molar refractivity (Wildman–Crippen MR) is 57.1 cm³/mol. The molecule has 0 spiro atoms. The van der Waals surface area contributed by atoms with Gasteiger partial charge in [0.2, 0.25) is 5.91 Å². The first kappa shape index (κ1) is 13.9. The van der Waals surface area contributed by atoms with Crippen molar-refractivity contribution in [3.8, 4) is 6.07 Å². The van der Waals surface area contributed by atoms with Gasteiger partial charge >= 0.3 is 0 Å². The van der Waals surface area contributed by atoms with E-state index in [1.165, 1.54) is 0 Å². The van der Waals surface area contributed by atoms with Crippen molar-refractivity contribution in [2.75, 3.05) is 33.3 Å². The molecule has 0 heterocycles. The number of nitrogens with one attached hydrogen (secondary N) is 1. The van der Waals surface area contributed by atoms with E-state index in [4.69, 9.17) is 10.4 Å². The van der Waals surface area contributed by atoms with E-state index in [-0.39, 0.29) is 19.1 Å². The standard InChI is InChI=1S/C10H19N3O2/c1-13(7-3-2-4-8-14)9-10(15)12-6-5-11/h14H,2-4,6-9H2,1H3,(H,12,15). The molecule has 0 rings (SSSR count). The molecule has 0 aromatic carbocycles.